The number of aromatic nitrogens is 1. The van der Waals surface area contributed by atoms with Crippen molar-refractivity contribution in [3.63, 3.8) is 0 Å². The maximum Gasteiger partial charge on any atom is 0.0837 e. The van der Waals surface area contributed by atoms with Crippen molar-refractivity contribution >= 4 is 45.9 Å². The van der Waals surface area contributed by atoms with E-state index in [4.69, 9.17) is 23.2 Å². The molecule has 0 aliphatic rings. The van der Waals surface area contributed by atoms with Crippen molar-refractivity contribution in [2.75, 3.05) is 0 Å². The highest BCUT2D eigenvalue weighted by atomic mass is 35.5. The van der Waals surface area contributed by atoms with Gasteiger partial charge in [0.15, 0.2) is 0 Å². The first-order valence-corrected chi connectivity index (χ1v) is 7.89. The van der Waals surface area contributed by atoms with E-state index in [-0.39, 0.29) is 0 Å². The van der Waals surface area contributed by atoms with Gasteiger partial charge in [-0.3, -0.25) is 4.98 Å². The Morgan fingerprint density at radius 2 is 1.80 bits per heavy atom. The number of hydrogen-bond acceptors (Lipinski definition) is 2. The van der Waals surface area contributed by atoms with Crippen molar-refractivity contribution in [2.24, 2.45) is 0 Å². The molecule has 2 aromatic carbocycles. The van der Waals surface area contributed by atoms with Crippen LogP contribution in [0, 0.1) is 0 Å². The molecule has 3 aromatic rings. The molecule has 0 N–H and O–H groups in total. The van der Waals surface area contributed by atoms with Gasteiger partial charge >= 0.3 is 0 Å². The summed E-state index contributed by atoms with van der Waals surface area (Å²) in [4.78, 5) is 5.63. The highest BCUT2D eigenvalue weighted by Crippen LogP contribution is 2.30. The van der Waals surface area contributed by atoms with E-state index in [2.05, 4.69) is 29.2 Å². The second-order valence-corrected chi connectivity index (χ2v) is 6.20. The number of para-hydroxylation sites is 1. The molecule has 0 atom stereocenters. The second-order valence-electron chi connectivity index (χ2n) is 4.37. The van der Waals surface area contributed by atoms with Gasteiger partial charge in [0, 0.05) is 22.2 Å². The van der Waals surface area contributed by atoms with E-state index in [0.717, 1.165) is 22.2 Å². The van der Waals surface area contributed by atoms with Crippen LogP contribution in [0.2, 0.25) is 10.0 Å². The summed E-state index contributed by atoms with van der Waals surface area (Å²) < 4.78 is 0. The summed E-state index contributed by atoms with van der Waals surface area (Å²) in [5.41, 5.74) is 2.19. The van der Waals surface area contributed by atoms with Crippen LogP contribution in [0.5, 0.6) is 0 Å². The van der Waals surface area contributed by atoms with Gasteiger partial charge in [0.05, 0.1) is 15.6 Å². The number of rotatable bonds is 3. The Bertz CT molecular complexity index is 753. The highest BCUT2D eigenvalue weighted by molar-refractivity contribution is 7.98. The van der Waals surface area contributed by atoms with Gasteiger partial charge in [-0.15, -0.1) is 11.8 Å². The van der Waals surface area contributed by atoms with Crippen LogP contribution >= 0.6 is 35.0 Å². The third kappa shape index (κ3) is 2.93. The average Bonchev–Trinajstić information content (AvgIpc) is 2.48. The summed E-state index contributed by atoms with van der Waals surface area (Å²) in [6, 6.07) is 16.0. The zero-order chi connectivity index (χ0) is 13.9. The van der Waals surface area contributed by atoms with Gasteiger partial charge in [0.25, 0.3) is 0 Å². The van der Waals surface area contributed by atoms with Crippen LogP contribution in [-0.4, -0.2) is 4.98 Å². The van der Waals surface area contributed by atoms with Crippen LogP contribution in [0.4, 0.5) is 0 Å². The highest BCUT2D eigenvalue weighted by Gasteiger charge is 2.04. The molecule has 0 saturated heterocycles. The molecule has 1 nitrogen and oxygen atoms in total. The summed E-state index contributed by atoms with van der Waals surface area (Å²) in [5, 5.41) is 2.35. The molecule has 0 aliphatic heterocycles. The van der Waals surface area contributed by atoms with E-state index in [0.29, 0.717) is 10.0 Å². The minimum absolute atomic E-state index is 0.590. The number of thioether (sulfide) groups is 1. The normalized spacial score (nSPS) is 10.9. The lowest BCUT2D eigenvalue weighted by Crippen LogP contribution is -1.84. The number of nitrogens with zero attached hydrogens (tertiary/aromatic N) is 1. The Kier molecular flexibility index (Phi) is 4.16. The molecule has 0 radical (unpaired) electrons. The molecular formula is C16H11Cl2NS. The number of fused-ring (bicyclic) bond motifs is 1. The van der Waals surface area contributed by atoms with Crippen molar-refractivity contribution < 1.29 is 0 Å². The van der Waals surface area contributed by atoms with Crippen LogP contribution in [-0.2, 0) is 5.75 Å². The molecular weight excluding hydrogens is 309 g/mol. The molecule has 0 unspecified atom stereocenters. The van der Waals surface area contributed by atoms with Crippen LogP contribution in [0.15, 0.2) is 59.6 Å². The van der Waals surface area contributed by atoms with Gasteiger partial charge in [-0.05, 0) is 29.8 Å². The first-order valence-electron chi connectivity index (χ1n) is 6.14. The fourth-order valence-electron chi connectivity index (χ4n) is 1.98. The standard InChI is InChI=1S/C16H11Cl2NS/c17-13-7-6-11(9-14(13)18)10-20-15-5-1-3-12-4-2-8-19-16(12)15/h1-9H,10H2. The molecule has 4 heteroatoms. The van der Waals surface area contributed by atoms with Gasteiger partial charge in [-0.2, -0.15) is 0 Å². The molecule has 100 valence electrons. The zero-order valence-corrected chi connectivity index (χ0v) is 12.8. The molecule has 0 amide bonds. The maximum atomic E-state index is 6.04. The number of pyridine rings is 1. The Hall–Kier alpha value is -1.22. The van der Waals surface area contributed by atoms with Crippen LogP contribution in [0.3, 0.4) is 0 Å². The summed E-state index contributed by atoms with van der Waals surface area (Å²) in [7, 11) is 0. The summed E-state index contributed by atoms with van der Waals surface area (Å²) in [5.74, 6) is 0.840. The third-order valence-electron chi connectivity index (χ3n) is 2.97. The first kappa shape index (κ1) is 13.7. The molecule has 0 bridgehead atoms. The number of hydrogen-bond donors (Lipinski definition) is 0. The van der Waals surface area contributed by atoms with E-state index >= 15 is 0 Å². The van der Waals surface area contributed by atoms with Crippen LogP contribution in [0.1, 0.15) is 5.56 Å². The van der Waals surface area contributed by atoms with E-state index < -0.39 is 0 Å². The maximum absolute atomic E-state index is 6.04. The van der Waals surface area contributed by atoms with Crippen molar-refractivity contribution in [3.05, 3.63) is 70.3 Å². The van der Waals surface area contributed by atoms with Crippen molar-refractivity contribution in [2.45, 2.75) is 10.6 Å². The Morgan fingerprint density at radius 3 is 2.65 bits per heavy atom. The Labute approximate surface area is 131 Å². The van der Waals surface area contributed by atoms with Gasteiger partial charge in [0.1, 0.15) is 0 Å². The third-order valence-corrected chi connectivity index (χ3v) is 4.83. The van der Waals surface area contributed by atoms with Gasteiger partial charge in [-0.25, -0.2) is 0 Å². The second kappa shape index (κ2) is 6.04. The van der Waals surface area contributed by atoms with Gasteiger partial charge < -0.3 is 0 Å². The van der Waals surface area contributed by atoms with Crippen LogP contribution in [0.25, 0.3) is 10.9 Å². The zero-order valence-electron chi connectivity index (χ0n) is 10.5. The first-order chi connectivity index (χ1) is 9.74. The predicted octanol–water partition coefficient (Wildman–Crippen LogP) is 5.83. The summed E-state index contributed by atoms with van der Waals surface area (Å²) in [6.45, 7) is 0. The van der Waals surface area contributed by atoms with E-state index in [1.807, 2.05) is 30.5 Å². The molecule has 20 heavy (non-hydrogen) atoms. The monoisotopic (exact) mass is 319 g/mol. The van der Waals surface area contributed by atoms with E-state index in [1.165, 1.54) is 4.90 Å². The SMILES string of the molecule is Clc1ccc(CSc2cccc3cccnc23)cc1Cl. The Balaban J connectivity index is 1.85. The molecule has 1 heterocycles. The molecule has 1 aromatic heterocycles. The smallest absolute Gasteiger partial charge is 0.0837 e. The van der Waals surface area contributed by atoms with Gasteiger partial charge in [-0.1, -0.05) is 47.5 Å². The minimum Gasteiger partial charge on any atom is -0.255 e. The lowest BCUT2D eigenvalue weighted by atomic mass is 10.2. The largest absolute Gasteiger partial charge is 0.255 e. The Morgan fingerprint density at radius 1 is 0.950 bits per heavy atom. The van der Waals surface area contributed by atoms with E-state index in [1.54, 1.807) is 11.8 Å². The topological polar surface area (TPSA) is 12.9 Å². The van der Waals surface area contributed by atoms with Gasteiger partial charge in [0.2, 0.25) is 0 Å². The fourth-order valence-corrected chi connectivity index (χ4v) is 3.29. The van der Waals surface area contributed by atoms with Crippen molar-refractivity contribution in [1.29, 1.82) is 0 Å². The van der Waals surface area contributed by atoms with Crippen LogP contribution < -0.4 is 0 Å². The van der Waals surface area contributed by atoms with Crippen molar-refractivity contribution in [3.8, 4) is 0 Å². The average molecular weight is 320 g/mol. The number of benzene rings is 2. The summed E-state index contributed by atoms with van der Waals surface area (Å²) in [6.07, 6.45) is 1.82. The minimum atomic E-state index is 0.590. The van der Waals surface area contributed by atoms with E-state index in [9.17, 15) is 0 Å². The number of halogens is 2. The fraction of sp³-hybridized carbons (Fsp3) is 0.0625. The molecule has 3 rings (SSSR count). The lowest BCUT2D eigenvalue weighted by Gasteiger charge is -2.06. The quantitative estimate of drug-likeness (QED) is 0.563. The molecule has 0 spiro atoms. The lowest BCUT2D eigenvalue weighted by molar-refractivity contribution is 1.34. The molecule has 0 fully saturated rings. The predicted molar refractivity (Wildman–Crippen MR) is 87.8 cm³/mol. The molecule has 0 saturated carbocycles. The van der Waals surface area contributed by atoms with Crippen molar-refractivity contribution in [1.82, 2.24) is 4.98 Å². The molecule has 0 aliphatic carbocycles. The summed E-state index contributed by atoms with van der Waals surface area (Å²) >= 11 is 13.7.